The smallest absolute Gasteiger partial charge is 0.274 e. The number of rotatable bonds is 4. The molecule has 1 aromatic heterocycles. The Morgan fingerprint density at radius 3 is 2.80 bits per heavy atom. The molecule has 0 fully saturated rings. The maximum Gasteiger partial charge on any atom is 0.274 e. The van der Waals surface area contributed by atoms with Crippen LogP contribution in [0.3, 0.4) is 0 Å². The number of hydrogen-bond acceptors (Lipinski definition) is 4. The number of aromatic nitrogens is 2. The lowest BCUT2D eigenvalue weighted by Crippen LogP contribution is -2.17. The molecule has 0 aliphatic carbocycles. The Balaban J connectivity index is 2.13. The summed E-state index contributed by atoms with van der Waals surface area (Å²) >= 11 is 3.36. The third kappa shape index (κ3) is 4.03. The van der Waals surface area contributed by atoms with Crippen molar-refractivity contribution in [1.29, 1.82) is 0 Å². The first-order valence-electron chi connectivity index (χ1n) is 6.21. The van der Waals surface area contributed by atoms with Gasteiger partial charge in [0.25, 0.3) is 5.91 Å². The molecule has 20 heavy (non-hydrogen) atoms. The van der Waals surface area contributed by atoms with Crippen molar-refractivity contribution in [2.45, 2.75) is 19.9 Å². The molecule has 0 unspecified atom stereocenters. The first kappa shape index (κ1) is 14.5. The van der Waals surface area contributed by atoms with Crippen molar-refractivity contribution in [2.75, 3.05) is 10.6 Å². The van der Waals surface area contributed by atoms with Crippen molar-refractivity contribution in [3.63, 3.8) is 0 Å². The van der Waals surface area contributed by atoms with Gasteiger partial charge in [-0.25, -0.2) is 9.97 Å². The summed E-state index contributed by atoms with van der Waals surface area (Å²) in [5, 5.41) is 5.86. The fraction of sp³-hybridized carbons (Fsp3) is 0.214. The lowest BCUT2D eigenvalue weighted by atomic mass is 10.3. The predicted octanol–water partition coefficient (Wildman–Crippen LogP) is 3.31. The topological polar surface area (TPSA) is 66.9 Å². The fourth-order valence-corrected chi connectivity index (χ4v) is 1.97. The van der Waals surface area contributed by atoms with Crippen molar-refractivity contribution in [1.82, 2.24) is 9.97 Å². The summed E-state index contributed by atoms with van der Waals surface area (Å²) in [6, 6.07) is 9.18. The van der Waals surface area contributed by atoms with E-state index in [4.69, 9.17) is 0 Å². The lowest BCUT2D eigenvalue weighted by molar-refractivity contribution is 0.102. The third-order valence-corrected chi connectivity index (χ3v) is 2.88. The third-order valence-electron chi connectivity index (χ3n) is 2.39. The maximum atomic E-state index is 12.1. The highest BCUT2D eigenvalue weighted by Gasteiger charge is 2.09. The Labute approximate surface area is 126 Å². The van der Waals surface area contributed by atoms with Gasteiger partial charge in [-0.1, -0.05) is 22.0 Å². The molecule has 0 aliphatic heterocycles. The summed E-state index contributed by atoms with van der Waals surface area (Å²) < 4.78 is 0.903. The largest absolute Gasteiger partial charge is 0.352 e. The van der Waals surface area contributed by atoms with E-state index < -0.39 is 0 Å². The molecule has 5 nitrogen and oxygen atoms in total. The van der Waals surface area contributed by atoms with Crippen LogP contribution in [0.5, 0.6) is 0 Å². The highest BCUT2D eigenvalue weighted by atomic mass is 79.9. The monoisotopic (exact) mass is 334 g/mol. The van der Waals surface area contributed by atoms with Crippen LogP contribution in [0.4, 0.5) is 11.6 Å². The highest BCUT2D eigenvalue weighted by molar-refractivity contribution is 9.10. The van der Waals surface area contributed by atoms with E-state index in [9.17, 15) is 4.79 Å². The van der Waals surface area contributed by atoms with Crippen LogP contribution in [0.1, 0.15) is 24.3 Å². The molecule has 0 bridgehead atoms. The van der Waals surface area contributed by atoms with E-state index in [1.54, 1.807) is 12.3 Å². The molecule has 0 saturated heterocycles. The van der Waals surface area contributed by atoms with E-state index in [0.29, 0.717) is 17.3 Å². The number of halogens is 1. The van der Waals surface area contributed by atoms with Gasteiger partial charge < -0.3 is 10.6 Å². The van der Waals surface area contributed by atoms with Gasteiger partial charge in [-0.15, -0.1) is 0 Å². The molecule has 2 aromatic rings. The first-order chi connectivity index (χ1) is 9.54. The number of nitrogens with one attached hydrogen (secondary N) is 2. The van der Waals surface area contributed by atoms with Crippen molar-refractivity contribution < 1.29 is 4.79 Å². The summed E-state index contributed by atoms with van der Waals surface area (Å²) in [5.74, 6) is 0.180. The molecular weight excluding hydrogens is 320 g/mol. The Kier molecular flexibility index (Phi) is 4.68. The molecular formula is C14H15BrN4O. The number of anilines is 2. The molecule has 0 aliphatic rings. The molecule has 0 saturated carbocycles. The Morgan fingerprint density at radius 2 is 2.10 bits per heavy atom. The average Bonchev–Trinajstić information content (AvgIpc) is 2.38. The van der Waals surface area contributed by atoms with Crippen LogP contribution >= 0.6 is 15.9 Å². The van der Waals surface area contributed by atoms with Gasteiger partial charge >= 0.3 is 0 Å². The van der Waals surface area contributed by atoms with Crippen LogP contribution in [0, 0.1) is 0 Å². The van der Waals surface area contributed by atoms with Gasteiger partial charge in [-0.2, -0.15) is 0 Å². The lowest BCUT2D eigenvalue weighted by Gasteiger charge is -2.09. The summed E-state index contributed by atoms with van der Waals surface area (Å²) in [4.78, 5) is 20.4. The second-order valence-electron chi connectivity index (χ2n) is 4.53. The minimum Gasteiger partial charge on any atom is -0.352 e. The minimum absolute atomic E-state index is 0.207. The predicted molar refractivity (Wildman–Crippen MR) is 82.9 cm³/mol. The highest BCUT2D eigenvalue weighted by Crippen LogP contribution is 2.16. The van der Waals surface area contributed by atoms with E-state index in [2.05, 4.69) is 36.5 Å². The zero-order valence-electron chi connectivity index (χ0n) is 11.2. The fourth-order valence-electron chi connectivity index (χ4n) is 1.57. The van der Waals surface area contributed by atoms with Crippen molar-refractivity contribution in [2.24, 2.45) is 0 Å². The number of nitrogens with zero attached hydrogens (tertiary/aromatic N) is 2. The van der Waals surface area contributed by atoms with E-state index >= 15 is 0 Å². The molecule has 0 spiro atoms. The van der Waals surface area contributed by atoms with Gasteiger partial charge in [0, 0.05) is 22.4 Å². The molecule has 2 N–H and O–H groups in total. The van der Waals surface area contributed by atoms with Crippen molar-refractivity contribution in [3.8, 4) is 0 Å². The normalized spacial score (nSPS) is 10.4. The standard InChI is InChI=1S/C14H15BrN4O/c1-9(2)17-14-16-7-6-12(19-14)13(20)18-11-5-3-4-10(15)8-11/h3-9H,1-2H3,(H,18,20)(H,16,17,19). The SMILES string of the molecule is CC(C)Nc1nccc(C(=O)Nc2cccc(Br)c2)n1. The summed E-state index contributed by atoms with van der Waals surface area (Å²) in [7, 11) is 0. The van der Waals surface area contributed by atoms with Gasteiger partial charge in [0.2, 0.25) is 5.95 Å². The number of benzene rings is 1. The zero-order valence-corrected chi connectivity index (χ0v) is 12.8. The Bertz CT molecular complexity index is 616. The minimum atomic E-state index is -0.266. The molecule has 2 rings (SSSR count). The van der Waals surface area contributed by atoms with E-state index in [1.807, 2.05) is 38.1 Å². The van der Waals surface area contributed by atoms with Gasteiger partial charge in [0.05, 0.1) is 0 Å². The van der Waals surface area contributed by atoms with E-state index in [0.717, 1.165) is 4.47 Å². The summed E-state index contributed by atoms with van der Waals surface area (Å²) in [6.45, 7) is 3.97. The number of amides is 1. The van der Waals surface area contributed by atoms with Crippen LogP contribution in [0.2, 0.25) is 0 Å². The van der Waals surface area contributed by atoms with Crippen LogP contribution in [0.15, 0.2) is 41.0 Å². The molecule has 1 aromatic carbocycles. The van der Waals surface area contributed by atoms with E-state index in [1.165, 1.54) is 0 Å². The summed E-state index contributed by atoms with van der Waals surface area (Å²) in [6.07, 6.45) is 1.56. The Hall–Kier alpha value is -1.95. The maximum absolute atomic E-state index is 12.1. The van der Waals surface area contributed by atoms with Crippen LogP contribution < -0.4 is 10.6 Å². The van der Waals surface area contributed by atoms with Crippen LogP contribution in [-0.4, -0.2) is 21.9 Å². The quantitative estimate of drug-likeness (QED) is 0.900. The van der Waals surface area contributed by atoms with Gasteiger partial charge in [-0.05, 0) is 38.1 Å². The molecule has 6 heteroatoms. The average molecular weight is 335 g/mol. The van der Waals surface area contributed by atoms with Crippen molar-refractivity contribution in [3.05, 3.63) is 46.7 Å². The van der Waals surface area contributed by atoms with Gasteiger partial charge in [0.15, 0.2) is 0 Å². The second kappa shape index (κ2) is 6.47. The van der Waals surface area contributed by atoms with Crippen LogP contribution in [-0.2, 0) is 0 Å². The van der Waals surface area contributed by atoms with Crippen LogP contribution in [0.25, 0.3) is 0 Å². The zero-order chi connectivity index (χ0) is 14.5. The van der Waals surface area contributed by atoms with Gasteiger partial charge in [-0.3, -0.25) is 4.79 Å². The number of hydrogen-bond donors (Lipinski definition) is 2. The Morgan fingerprint density at radius 1 is 1.30 bits per heavy atom. The molecule has 0 atom stereocenters. The first-order valence-corrected chi connectivity index (χ1v) is 7.00. The number of carbonyl (C=O) groups excluding carboxylic acids is 1. The van der Waals surface area contributed by atoms with Gasteiger partial charge in [0.1, 0.15) is 5.69 Å². The van der Waals surface area contributed by atoms with Crippen molar-refractivity contribution >= 4 is 33.5 Å². The molecule has 1 amide bonds. The molecule has 104 valence electrons. The molecule has 0 radical (unpaired) electrons. The second-order valence-corrected chi connectivity index (χ2v) is 5.44. The summed E-state index contributed by atoms with van der Waals surface area (Å²) in [5.41, 5.74) is 1.03. The number of carbonyl (C=O) groups is 1. The van der Waals surface area contributed by atoms with E-state index in [-0.39, 0.29) is 11.9 Å². The molecule has 1 heterocycles.